The average Bonchev–Trinajstić information content (AvgIpc) is 2.02. The van der Waals surface area contributed by atoms with Crippen LogP contribution in [-0.4, -0.2) is 19.9 Å². The van der Waals surface area contributed by atoms with Crippen molar-refractivity contribution in [1.29, 1.82) is 0 Å². The monoisotopic (exact) mass is 237 g/mol. The average molecular weight is 237 g/mol. The molecule has 0 saturated carbocycles. The molecule has 0 aliphatic rings. The molecule has 0 radical (unpaired) electrons. The fourth-order valence-electron chi connectivity index (χ4n) is 0.509. The molecule has 1 amide bonds. The lowest BCUT2D eigenvalue weighted by molar-refractivity contribution is -0.119. The molecule has 0 atom stereocenters. The summed E-state index contributed by atoms with van der Waals surface area (Å²) in [6.45, 7) is 5.26. The maximum absolute atomic E-state index is 11.0. The van der Waals surface area contributed by atoms with Gasteiger partial charge in [-0.25, -0.2) is 0 Å². The Hall–Kier alpha value is 0.0600. The SMILES string of the molecule is CCSC(=S)SC(C)(C)C(=O)N=O. The molecule has 0 fully saturated rings. The Morgan fingerprint density at radius 2 is 2.08 bits per heavy atom. The third-order valence-corrected chi connectivity index (χ3v) is 3.78. The first-order valence-corrected chi connectivity index (χ1v) is 5.88. The maximum atomic E-state index is 11.0. The van der Waals surface area contributed by atoms with Crippen molar-refractivity contribution in [1.82, 2.24) is 0 Å². The Kier molecular flexibility index (Phi) is 5.75. The molecular formula is C7H11NO2S3. The van der Waals surface area contributed by atoms with Crippen molar-refractivity contribution >= 4 is 45.2 Å². The fraction of sp³-hybridized carbons (Fsp3) is 0.714. The third kappa shape index (κ3) is 4.73. The van der Waals surface area contributed by atoms with Crippen LogP contribution in [0.1, 0.15) is 20.8 Å². The van der Waals surface area contributed by atoms with Gasteiger partial charge in [0, 0.05) is 5.18 Å². The number of hydrogen-bond donors (Lipinski definition) is 0. The summed E-state index contributed by atoms with van der Waals surface area (Å²) in [6.07, 6.45) is 0. The Morgan fingerprint density at radius 1 is 1.54 bits per heavy atom. The second-order valence-corrected chi connectivity index (χ2v) is 6.78. The molecular weight excluding hydrogens is 226 g/mol. The van der Waals surface area contributed by atoms with Crippen LogP contribution in [0, 0.1) is 4.91 Å². The zero-order valence-corrected chi connectivity index (χ0v) is 10.1. The molecule has 74 valence electrons. The van der Waals surface area contributed by atoms with Gasteiger partial charge in [-0.2, -0.15) is 0 Å². The number of thiocarbonyl (C=S) groups is 1. The summed E-state index contributed by atoms with van der Waals surface area (Å²) in [6, 6.07) is 0. The normalized spacial score (nSPS) is 11.0. The topological polar surface area (TPSA) is 46.5 Å². The first-order chi connectivity index (χ1) is 5.94. The van der Waals surface area contributed by atoms with E-state index in [-0.39, 0.29) is 0 Å². The van der Waals surface area contributed by atoms with Crippen molar-refractivity contribution in [3.8, 4) is 0 Å². The molecule has 0 aromatic heterocycles. The highest BCUT2D eigenvalue weighted by Gasteiger charge is 2.30. The highest BCUT2D eigenvalue weighted by molar-refractivity contribution is 8.47. The van der Waals surface area contributed by atoms with Gasteiger partial charge in [0.2, 0.25) is 0 Å². The van der Waals surface area contributed by atoms with E-state index >= 15 is 0 Å². The molecule has 3 nitrogen and oxygen atoms in total. The molecule has 0 aromatic carbocycles. The smallest absolute Gasteiger partial charge is 0.267 e. The summed E-state index contributed by atoms with van der Waals surface area (Å²) >= 11 is 7.69. The molecule has 0 N–H and O–H groups in total. The summed E-state index contributed by atoms with van der Waals surface area (Å²) in [5, 5.41) is 2.39. The van der Waals surface area contributed by atoms with Gasteiger partial charge in [0.25, 0.3) is 0 Å². The molecule has 0 aromatic rings. The lowest BCUT2D eigenvalue weighted by atomic mass is 10.2. The first-order valence-electron chi connectivity index (χ1n) is 3.67. The number of nitrogens with zero attached hydrogens (tertiary/aromatic N) is 1. The minimum atomic E-state index is -0.832. The van der Waals surface area contributed by atoms with Gasteiger partial charge in [-0.3, -0.25) is 4.79 Å². The van der Waals surface area contributed by atoms with Crippen LogP contribution in [-0.2, 0) is 4.79 Å². The predicted molar refractivity (Wildman–Crippen MR) is 63.2 cm³/mol. The zero-order chi connectivity index (χ0) is 10.5. The van der Waals surface area contributed by atoms with Crippen molar-refractivity contribution in [3.05, 3.63) is 4.91 Å². The fourth-order valence-corrected chi connectivity index (χ4v) is 3.48. The largest absolute Gasteiger partial charge is 0.302 e. The minimum Gasteiger partial charge on any atom is -0.267 e. The summed E-state index contributed by atoms with van der Waals surface area (Å²) in [5.41, 5.74) is 0. The number of nitroso groups, excluding NO2 is 1. The van der Waals surface area contributed by atoms with Gasteiger partial charge >= 0.3 is 5.91 Å². The first kappa shape index (κ1) is 13.1. The number of carbonyl (C=O) groups is 1. The zero-order valence-electron chi connectivity index (χ0n) is 7.70. The van der Waals surface area contributed by atoms with E-state index in [1.54, 1.807) is 13.8 Å². The highest BCUT2D eigenvalue weighted by Crippen LogP contribution is 2.31. The highest BCUT2D eigenvalue weighted by atomic mass is 32.2. The van der Waals surface area contributed by atoms with Crippen molar-refractivity contribution in [3.63, 3.8) is 0 Å². The molecule has 0 unspecified atom stereocenters. The lowest BCUT2D eigenvalue weighted by Crippen LogP contribution is -2.26. The van der Waals surface area contributed by atoms with E-state index in [0.717, 1.165) is 5.75 Å². The van der Waals surface area contributed by atoms with Gasteiger partial charge in [-0.1, -0.05) is 30.9 Å². The summed E-state index contributed by atoms with van der Waals surface area (Å²) in [5.74, 6) is 0.196. The summed E-state index contributed by atoms with van der Waals surface area (Å²) < 4.78 is -0.162. The predicted octanol–water partition coefficient (Wildman–Crippen LogP) is 2.83. The van der Waals surface area contributed by atoms with Crippen molar-refractivity contribution in [2.24, 2.45) is 5.18 Å². The molecule has 0 rings (SSSR count). The maximum Gasteiger partial charge on any atom is 0.302 e. The van der Waals surface area contributed by atoms with E-state index in [4.69, 9.17) is 12.2 Å². The van der Waals surface area contributed by atoms with Crippen LogP contribution in [0.15, 0.2) is 5.18 Å². The molecule has 0 spiro atoms. The molecule has 0 aliphatic heterocycles. The molecule has 0 aliphatic carbocycles. The molecule has 6 heteroatoms. The molecule has 0 saturated heterocycles. The van der Waals surface area contributed by atoms with Gasteiger partial charge in [0.05, 0.1) is 0 Å². The Morgan fingerprint density at radius 3 is 2.46 bits per heavy atom. The molecule has 0 heterocycles. The molecule has 13 heavy (non-hydrogen) atoms. The quantitative estimate of drug-likeness (QED) is 0.558. The van der Waals surface area contributed by atoms with Gasteiger partial charge in [0.1, 0.15) is 8.28 Å². The van der Waals surface area contributed by atoms with Crippen LogP contribution < -0.4 is 0 Å². The van der Waals surface area contributed by atoms with Crippen molar-refractivity contribution in [2.45, 2.75) is 25.5 Å². The summed E-state index contributed by atoms with van der Waals surface area (Å²) in [4.78, 5) is 21.0. The van der Waals surface area contributed by atoms with E-state index in [1.807, 2.05) is 6.92 Å². The van der Waals surface area contributed by atoms with Crippen LogP contribution in [0.5, 0.6) is 0 Å². The van der Waals surface area contributed by atoms with Gasteiger partial charge in [-0.15, -0.1) is 16.7 Å². The van der Waals surface area contributed by atoms with Gasteiger partial charge in [0.15, 0.2) is 0 Å². The van der Waals surface area contributed by atoms with E-state index in [0.29, 0.717) is 3.53 Å². The minimum absolute atomic E-state index is 0.670. The lowest BCUT2D eigenvalue weighted by Gasteiger charge is -2.17. The Bertz CT molecular complexity index is 228. The summed E-state index contributed by atoms with van der Waals surface area (Å²) in [7, 11) is 0. The standard InChI is InChI=1S/C7H11NO2S3/c1-4-12-6(11)13-7(2,3)5(9)8-10/h4H2,1-3H3. The Labute approximate surface area is 91.4 Å². The number of amides is 1. The number of carbonyl (C=O) groups excluding carboxylic acids is 1. The van der Waals surface area contributed by atoms with Crippen LogP contribution >= 0.6 is 35.7 Å². The van der Waals surface area contributed by atoms with E-state index < -0.39 is 10.7 Å². The van der Waals surface area contributed by atoms with E-state index in [1.165, 1.54) is 23.5 Å². The number of hydrogen-bond acceptors (Lipinski definition) is 5. The number of rotatable bonds is 3. The van der Waals surface area contributed by atoms with Crippen LogP contribution in [0.25, 0.3) is 0 Å². The molecule has 0 bridgehead atoms. The van der Waals surface area contributed by atoms with Gasteiger partial charge < -0.3 is 0 Å². The van der Waals surface area contributed by atoms with Crippen LogP contribution in [0.2, 0.25) is 0 Å². The second-order valence-electron chi connectivity index (χ2n) is 2.69. The third-order valence-electron chi connectivity index (χ3n) is 1.20. The van der Waals surface area contributed by atoms with Gasteiger partial charge in [-0.05, 0) is 19.6 Å². The van der Waals surface area contributed by atoms with Crippen LogP contribution in [0.3, 0.4) is 0 Å². The Balaban J connectivity index is 4.24. The van der Waals surface area contributed by atoms with E-state index in [2.05, 4.69) is 5.18 Å². The second kappa shape index (κ2) is 5.72. The number of thioether (sulfide) groups is 2. The van der Waals surface area contributed by atoms with Crippen LogP contribution in [0.4, 0.5) is 0 Å². The van der Waals surface area contributed by atoms with E-state index in [9.17, 15) is 9.70 Å². The van der Waals surface area contributed by atoms with Crippen molar-refractivity contribution < 1.29 is 4.79 Å². The van der Waals surface area contributed by atoms with Crippen molar-refractivity contribution in [2.75, 3.05) is 5.75 Å².